The van der Waals surface area contributed by atoms with E-state index in [0.29, 0.717) is 6.42 Å². The fraction of sp³-hybridized carbons (Fsp3) is 0.500. The third-order valence-corrected chi connectivity index (χ3v) is 1.38. The zero-order valence-corrected chi connectivity index (χ0v) is 6.70. The molecule has 11 heavy (non-hydrogen) atoms. The zero-order chi connectivity index (χ0) is 8.85. The normalized spacial score (nSPS) is 13.3. The predicted octanol–water partition coefficient (Wildman–Crippen LogP) is 1.24. The van der Waals surface area contributed by atoms with E-state index in [4.69, 9.17) is 5.11 Å². The first kappa shape index (κ1) is 9.88. The van der Waals surface area contributed by atoms with E-state index in [-0.39, 0.29) is 5.78 Å². The van der Waals surface area contributed by atoms with E-state index in [1.165, 1.54) is 6.08 Å². The fourth-order valence-electron chi connectivity index (χ4n) is 0.778. The number of carbonyl (C=O) groups is 2. The van der Waals surface area contributed by atoms with Crippen molar-refractivity contribution in [3.8, 4) is 0 Å². The van der Waals surface area contributed by atoms with Gasteiger partial charge in [-0.05, 0) is 19.4 Å². The quantitative estimate of drug-likeness (QED) is 0.492. The van der Waals surface area contributed by atoms with E-state index in [1.54, 1.807) is 19.9 Å². The van der Waals surface area contributed by atoms with Crippen molar-refractivity contribution in [3.63, 3.8) is 0 Å². The molecule has 3 nitrogen and oxygen atoms in total. The van der Waals surface area contributed by atoms with Gasteiger partial charge < -0.3 is 5.11 Å². The number of aliphatic carboxylic acids is 1. The van der Waals surface area contributed by atoms with Gasteiger partial charge in [-0.25, -0.2) is 0 Å². The summed E-state index contributed by atoms with van der Waals surface area (Å²) in [5.41, 5.74) is 0. The Morgan fingerprint density at radius 1 is 1.55 bits per heavy atom. The van der Waals surface area contributed by atoms with Gasteiger partial charge in [-0.1, -0.05) is 13.0 Å². The molecular weight excluding hydrogens is 144 g/mol. The number of hydrogen-bond acceptors (Lipinski definition) is 2. The lowest BCUT2D eigenvalue weighted by Crippen LogP contribution is -2.21. The summed E-state index contributed by atoms with van der Waals surface area (Å²) in [6.07, 6.45) is 3.19. The molecule has 3 heteroatoms. The van der Waals surface area contributed by atoms with Crippen LogP contribution in [-0.4, -0.2) is 16.9 Å². The van der Waals surface area contributed by atoms with Crippen LogP contribution >= 0.6 is 0 Å². The van der Waals surface area contributed by atoms with Gasteiger partial charge in [0.15, 0.2) is 5.78 Å². The Hall–Kier alpha value is -1.12. The van der Waals surface area contributed by atoms with Crippen molar-refractivity contribution in [3.05, 3.63) is 12.2 Å². The van der Waals surface area contributed by atoms with Gasteiger partial charge in [-0.15, -0.1) is 0 Å². The largest absolute Gasteiger partial charge is 0.481 e. The minimum absolute atomic E-state index is 0.331. The molecule has 0 aliphatic carbocycles. The topological polar surface area (TPSA) is 54.4 Å². The first-order valence-electron chi connectivity index (χ1n) is 3.52. The molecule has 0 aromatic carbocycles. The second-order valence-corrected chi connectivity index (χ2v) is 2.20. The van der Waals surface area contributed by atoms with Crippen LogP contribution in [0.2, 0.25) is 0 Å². The van der Waals surface area contributed by atoms with Crippen LogP contribution in [0.5, 0.6) is 0 Å². The van der Waals surface area contributed by atoms with Crippen LogP contribution in [-0.2, 0) is 9.59 Å². The van der Waals surface area contributed by atoms with Crippen molar-refractivity contribution in [1.29, 1.82) is 0 Å². The number of carboxylic acid groups (broad SMARTS) is 1. The third kappa shape index (κ3) is 2.98. The number of carboxylic acids is 1. The van der Waals surface area contributed by atoms with Crippen LogP contribution in [0, 0.1) is 5.92 Å². The van der Waals surface area contributed by atoms with Crippen molar-refractivity contribution in [2.24, 2.45) is 5.92 Å². The Bertz CT molecular complexity index is 182. The zero-order valence-electron chi connectivity index (χ0n) is 6.70. The van der Waals surface area contributed by atoms with E-state index in [2.05, 4.69) is 0 Å². The minimum atomic E-state index is -1.05. The van der Waals surface area contributed by atoms with Gasteiger partial charge in [0.05, 0.1) is 0 Å². The molecule has 0 fully saturated rings. The van der Waals surface area contributed by atoms with Gasteiger partial charge >= 0.3 is 5.97 Å². The maximum absolute atomic E-state index is 10.9. The van der Waals surface area contributed by atoms with E-state index < -0.39 is 11.9 Å². The minimum Gasteiger partial charge on any atom is -0.481 e. The average molecular weight is 156 g/mol. The summed E-state index contributed by atoms with van der Waals surface area (Å²) in [7, 11) is 0. The highest BCUT2D eigenvalue weighted by molar-refractivity contribution is 6.04. The summed E-state index contributed by atoms with van der Waals surface area (Å²) in [4.78, 5) is 21.3. The van der Waals surface area contributed by atoms with Crippen LogP contribution in [0.1, 0.15) is 20.3 Å². The molecule has 0 rings (SSSR count). The summed E-state index contributed by atoms with van der Waals surface area (Å²) in [5, 5.41) is 8.52. The maximum Gasteiger partial charge on any atom is 0.314 e. The van der Waals surface area contributed by atoms with Gasteiger partial charge in [0.25, 0.3) is 0 Å². The van der Waals surface area contributed by atoms with Gasteiger partial charge in [0.2, 0.25) is 0 Å². The van der Waals surface area contributed by atoms with E-state index in [0.717, 1.165) is 0 Å². The highest BCUT2D eigenvalue weighted by Gasteiger charge is 2.20. The van der Waals surface area contributed by atoms with Gasteiger partial charge in [0, 0.05) is 0 Å². The number of hydrogen-bond donors (Lipinski definition) is 1. The monoisotopic (exact) mass is 156 g/mol. The van der Waals surface area contributed by atoms with E-state index in [1.807, 2.05) is 0 Å². The van der Waals surface area contributed by atoms with Crippen molar-refractivity contribution in [1.82, 2.24) is 0 Å². The lowest BCUT2D eigenvalue weighted by Gasteiger charge is -2.03. The molecule has 0 heterocycles. The Morgan fingerprint density at radius 2 is 2.09 bits per heavy atom. The summed E-state index contributed by atoms with van der Waals surface area (Å²) in [5.74, 6) is -2.25. The summed E-state index contributed by atoms with van der Waals surface area (Å²) in [6, 6.07) is 0. The second-order valence-electron chi connectivity index (χ2n) is 2.20. The molecule has 0 radical (unpaired) electrons. The molecule has 1 unspecified atom stereocenters. The molecule has 62 valence electrons. The lowest BCUT2D eigenvalue weighted by atomic mass is 10.0. The van der Waals surface area contributed by atoms with E-state index >= 15 is 0 Å². The smallest absolute Gasteiger partial charge is 0.314 e. The molecule has 0 spiro atoms. The van der Waals surface area contributed by atoms with Crippen molar-refractivity contribution in [2.45, 2.75) is 20.3 Å². The first-order valence-corrected chi connectivity index (χ1v) is 3.52. The lowest BCUT2D eigenvalue weighted by molar-refractivity contribution is -0.145. The highest BCUT2D eigenvalue weighted by atomic mass is 16.4. The molecule has 0 saturated carbocycles. The van der Waals surface area contributed by atoms with Crippen LogP contribution in [0.15, 0.2) is 12.2 Å². The number of ketones is 1. The molecular formula is C8H12O3. The maximum atomic E-state index is 10.9. The molecule has 0 amide bonds. The third-order valence-electron chi connectivity index (χ3n) is 1.38. The summed E-state index contributed by atoms with van der Waals surface area (Å²) >= 11 is 0. The SMILES string of the molecule is C/C=C/C(=O)C(CC)C(=O)O. The van der Waals surface area contributed by atoms with Crippen molar-refractivity contribution >= 4 is 11.8 Å². The Balaban J connectivity index is 4.26. The van der Waals surface area contributed by atoms with Crippen molar-refractivity contribution in [2.75, 3.05) is 0 Å². The summed E-state index contributed by atoms with van der Waals surface area (Å²) < 4.78 is 0. The number of allylic oxidation sites excluding steroid dienone is 2. The van der Waals surface area contributed by atoms with Crippen LogP contribution in [0.4, 0.5) is 0 Å². The van der Waals surface area contributed by atoms with Crippen LogP contribution in [0.25, 0.3) is 0 Å². The number of carbonyl (C=O) groups excluding carboxylic acids is 1. The molecule has 0 aliphatic rings. The van der Waals surface area contributed by atoms with Gasteiger partial charge in [-0.2, -0.15) is 0 Å². The van der Waals surface area contributed by atoms with Crippen LogP contribution < -0.4 is 0 Å². The predicted molar refractivity (Wildman–Crippen MR) is 41.2 cm³/mol. The van der Waals surface area contributed by atoms with Gasteiger partial charge in [0.1, 0.15) is 5.92 Å². The first-order chi connectivity index (χ1) is 5.13. The Morgan fingerprint density at radius 3 is 2.36 bits per heavy atom. The van der Waals surface area contributed by atoms with E-state index in [9.17, 15) is 9.59 Å². The Kier molecular flexibility index (Phi) is 4.18. The summed E-state index contributed by atoms with van der Waals surface area (Å²) in [6.45, 7) is 3.37. The van der Waals surface area contributed by atoms with Crippen LogP contribution in [0.3, 0.4) is 0 Å². The second kappa shape index (κ2) is 4.66. The standard InChI is InChI=1S/C8H12O3/c1-3-5-7(9)6(4-2)8(10)11/h3,5-6H,4H2,1-2H3,(H,10,11)/b5-3+. The number of rotatable bonds is 4. The molecule has 1 N–H and O–H groups in total. The molecule has 0 aromatic rings. The fourth-order valence-corrected chi connectivity index (χ4v) is 0.778. The molecule has 0 bridgehead atoms. The van der Waals surface area contributed by atoms with Crippen molar-refractivity contribution < 1.29 is 14.7 Å². The molecule has 0 aliphatic heterocycles. The molecule has 1 atom stereocenters. The highest BCUT2D eigenvalue weighted by Crippen LogP contribution is 2.04. The Labute approximate surface area is 65.7 Å². The molecule has 0 aromatic heterocycles. The van der Waals surface area contributed by atoms with Gasteiger partial charge in [-0.3, -0.25) is 9.59 Å². The molecule has 0 saturated heterocycles. The average Bonchev–Trinajstić information content (AvgIpc) is 1.88.